The number of methoxy groups -OCH3 is 1. The van der Waals surface area contributed by atoms with Gasteiger partial charge in [-0.05, 0) is 26.0 Å². The van der Waals surface area contributed by atoms with Crippen LogP contribution in [0.15, 0.2) is 24.3 Å². The number of imide groups is 1. The molecule has 5 heteroatoms. The van der Waals surface area contributed by atoms with Gasteiger partial charge in [-0.25, -0.2) is 9.69 Å². The predicted molar refractivity (Wildman–Crippen MR) is 72.3 cm³/mol. The highest BCUT2D eigenvalue weighted by atomic mass is 16.5. The first kappa shape index (κ1) is 13.4. The highest BCUT2D eigenvalue weighted by molar-refractivity contribution is 6.16. The number of benzene rings is 1. The summed E-state index contributed by atoms with van der Waals surface area (Å²) in [5, 5.41) is 0. The van der Waals surface area contributed by atoms with Crippen LogP contribution in [0, 0.1) is 0 Å². The lowest BCUT2D eigenvalue weighted by Gasteiger charge is -2.38. The molecule has 3 amide bonds. The maximum Gasteiger partial charge on any atom is 0.331 e. The number of hydrogen-bond acceptors (Lipinski definition) is 3. The Morgan fingerprint density at radius 3 is 2.63 bits per heavy atom. The van der Waals surface area contributed by atoms with Gasteiger partial charge >= 0.3 is 6.03 Å². The number of carbonyl (C=O) groups is 2. The van der Waals surface area contributed by atoms with Gasteiger partial charge < -0.3 is 9.64 Å². The third kappa shape index (κ3) is 2.28. The van der Waals surface area contributed by atoms with E-state index in [1.54, 1.807) is 29.2 Å². The second-order valence-corrected chi connectivity index (χ2v) is 4.52. The van der Waals surface area contributed by atoms with E-state index in [1.165, 1.54) is 12.0 Å². The molecule has 2 rings (SSSR count). The van der Waals surface area contributed by atoms with Crippen LogP contribution in [0.4, 0.5) is 10.5 Å². The Labute approximate surface area is 112 Å². The molecular formula is C14H18N2O3. The number of carbonyl (C=O) groups excluding carboxylic acids is 2. The fourth-order valence-electron chi connectivity index (χ4n) is 2.38. The molecule has 0 spiro atoms. The van der Waals surface area contributed by atoms with Gasteiger partial charge in [0.1, 0.15) is 5.75 Å². The fraction of sp³-hybridized carbons (Fsp3) is 0.429. The monoisotopic (exact) mass is 262 g/mol. The summed E-state index contributed by atoms with van der Waals surface area (Å²) in [5.74, 6) is 0.335. The van der Waals surface area contributed by atoms with Crippen molar-refractivity contribution in [2.75, 3.05) is 18.6 Å². The van der Waals surface area contributed by atoms with Gasteiger partial charge in [-0.2, -0.15) is 0 Å². The summed E-state index contributed by atoms with van der Waals surface area (Å²) in [4.78, 5) is 27.5. The van der Waals surface area contributed by atoms with E-state index in [2.05, 4.69) is 0 Å². The highest BCUT2D eigenvalue weighted by Crippen LogP contribution is 2.31. The van der Waals surface area contributed by atoms with Crippen molar-refractivity contribution in [2.24, 2.45) is 0 Å². The second kappa shape index (κ2) is 5.30. The topological polar surface area (TPSA) is 49.9 Å². The van der Waals surface area contributed by atoms with Crippen LogP contribution in [-0.2, 0) is 4.79 Å². The Kier molecular flexibility index (Phi) is 3.74. The highest BCUT2D eigenvalue weighted by Gasteiger charge is 2.37. The number of para-hydroxylation sites is 2. The molecule has 0 aliphatic carbocycles. The average molecular weight is 262 g/mol. The first-order chi connectivity index (χ1) is 9.10. The summed E-state index contributed by atoms with van der Waals surface area (Å²) in [6.07, 6.45) is 0.331. The first-order valence-electron chi connectivity index (χ1n) is 6.36. The van der Waals surface area contributed by atoms with E-state index >= 15 is 0 Å². The summed E-state index contributed by atoms with van der Waals surface area (Å²) in [6, 6.07) is 6.71. The van der Waals surface area contributed by atoms with E-state index in [0.29, 0.717) is 24.4 Å². The quantitative estimate of drug-likeness (QED) is 0.839. The van der Waals surface area contributed by atoms with Crippen LogP contribution in [0.3, 0.4) is 0 Å². The fourth-order valence-corrected chi connectivity index (χ4v) is 2.38. The first-order valence-corrected chi connectivity index (χ1v) is 6.36. The molecule has 0 aromatic heterocycles. The predicted octanol–water partition coefficient (Wildman–Crippen LogP) is 2.26. The van der Waals surface area contributed by atoms with E-state index in [0.717, 1.165) is 0 Å². The van der Waals surface area contributed by atoms with Gasteiger partial charge in [0.05, 0.1) is 12.8 Å². The Bertz CT molecular complexity index is 501. The molecule has 1 atom stereocenters. The standard InChI is InChI=1S/C14H18N2O3/c1-4-15-10(2)9-13(17)16(14(15)18)11-7-5-6-8-12(11)19-3/h5-8,10H,4,9H2,1-3H3. The number of nitrogens with zero attached hydrogens (tertiary/aromatic N) is 2. The zero-order valence-corrected chi connectivity index (χ0v) is 11.4. The van der Waals surface area contributed by atoms with Gasteiger partial charge in [-0.1, -0.05) is 12.1 Å². The summed E-state index contributed by atoms with van der Waals surface area (Å²) in [7, 11) is 1.53. The lowest BCUT2D eigenvalue weighted by molar-refractivity contribution is -0.120. The number of amides is 3. The average Bonchev–Trinajstić information content (AvgIpc) is 2.39. The van der Waals surface area contributed by atoms with E-state index in [9.17, 15) is 9.59 Å². The molecule has 0 radical (unpaired) electrons. The third-order valence-corrected chi connectivity index (χ3v) is 3.36. The van der Waals surface area contributed by atoms with Crippen LogP contribution < -0.4 is 9.64 Å². The van der Waals surface area contributed by atoms with Crippen molar-refractivity contribution in [3.63, 3.8) is 0 Å². The minimum atomic E-state index is -0.282. The lowest BCUT2D eigenvalue weighted by Crippen LogP contribution is -2.56. The van der Waals surface area contributed by atoms with Gasteiger partial charge in [0.15, 0.2) is 0 Å². The molecule has 19 heavy (non-hydrogen) atoms. The molecule has 0 bridgehead atoms. The normalized spacial score (nSPS) is 19.8. The zero-order chi connectivity index (χ0) is 14.0. The van der Waals surface area contributed by atoms with Crippen molar-refractivity contribution in [3.05, 3.63) is 24.3 Å². The van der Waals surface area contributed by atoms with Gasteiger partial charge in [0.25, 0.3) is 0 Å². The number of ether oxygens (including phenoxy) is 1. The number of urea groups is 1. The van der Waals surface area contributed by atoms with E-state index in [4.69, 9.17) is 4.74 Å². The Balaban J connectivity index is 2.42. The van der Waals surface area contributed by atoms with E-state index in [-0.39, 0.29) is 18.0 Å². The summed E-state index contributed by atoms with van der Waals surface area (Å²) in [5.41, 5.74) is 0.505. The van der Waals surface area contributed by atoms with Crippen LogP contribution in [-0.4, -0.2) is 36.5 Å². The van der Waals surface area contributed by atoms with E-state index < -0.39 is 0 Å². The van der Waals surface area contributed by atoms with Crippen LogP contribution in [0.1, 0.15) is 20.3 Å². The molecule has 1 aromatic carbocycles. The third-order valence-electron chi connectivity index (χ3n) is 3.36. The minimum absolute atomic E-state index is 0.0593. The van der Waals surface area contributed by atoms with Crippen molar-refractivity contribution < 1.29 is 14.3 Å². The van der Waals surface area contributed by atoms with Gasteiger partial charge in [-0.15, -0.1) is 0 Å². The van der Waals surface area contributed by atoms with Crippen LogP contribution in [0.5, 0.6) is 5.75 Å². The van der Waals surface area contributed by atoms with Crippen LogP contribution in [0.2, 0.25) is 0 Å². The number of anilines is 1. The Hall–Kier alpha value is -2.04. The largest absolute Gasteiger partial charge is 0.495 e. The van der Waals surface area contributed by atoms with Crippen molar-refractivity contribution >= 4 is 17.6 Å². The molecule has 0 saturated carbocycles. The van der Waals surface area contributed by atoms with Crippen molar-refractivity contribution in [3.8, 4) is 5.75 Å². The van der Waals surface area contributed by atoms with Crippen molar-refractivity contribution in [2.45, 2.75) is 26.3 Å². The molecule has 1 aromatic rings. The SMILES string of the molecule is CCN1C(=O)N(c2ccccc2OC)C(=O)CC1C. The molecule has 1 heterocycles. The molecule has 102 valence electrons. The number of hydrogen-bond donors (Lipinski definition) is 0. The van der Waals surface area contributed by atoms with Gasteiger partial charge in [0, 0.05) is 19.0 Å². The molecule has 1 aliphatic rings. The van der Waals surface area contributed by atoms with E-state index in [1.807, 2.05) is 13.8 Å². The number of rotatable bonds is 3. The maximum atomic E-state index is 12.4. The molecular weight excluding hydrogens is 244 g/mol. The lowest BCUT2D eigenvalue weighted by atomic mass is 10.1. The van der Waals surface area contributed by atoms with Crippen LogP contribution in [0.25, 0.3) is 0 Å². The Morgan fingerprint density at radius 1 is 1.32 bits per heavy atom. The van der Waals surface area contributed by atoms with Crippen molar-refractivity contribution in [1.82, 2.24) is 4.90 Å². The molecule has 5 nitrogen and oxygen atoms in total. The molecule has 1 unspecified atom stereocenters. The van der Waals surface area contributed by atoms with Gasteiger partial charge in [0.2, 0.25) is 5.91 Å². The maximum absolute atomic E-state index is 12.4. The molecule has 1 aliphatic heterocycles. The van der Waals surface area contributed by atoms with Crippen LogP contribution >= 0.6 is 0 Å². The zero-order valence-electron chi connectivity index (χ0n) is 11.4. The molecule has 0 N–H and O–H groups in total. The summed E-state index contributed by atoms with van der Waals surface area (Å²) >= 11 is 0. The Morgan fingerprint density at radius 2 is 2.00 bits per heavy atom. The second-order valence-electron chi connectivity index (χ2n) is 4.52. The summed E-state index contributed by atoms with van der Waals surface area (Å²) < 4.78 is 5.23. The molecule has 1 fully saturated rings. The minimum Gasteiger partial charge on any atom is -0.495 e. The smallest absolute Gasteiger partial charge is 0.331 e. The van der Waals surface area contributed by atoms with Crippen molar-refractivity contribution in [1.29, 1.82) is 0 Å². The molecule has 1 saturated heterocycles. The van der Waals surface area contributed by atoms with Gasteiger partial charge in [-0.3, -0.25) is 4.79 Å². The summed E-state index contributed by atoms with van der Waals surface area (Å²) in [6.45, 7) is 4.38.